The standard InChI is InChI=1S/C7H9NO2/c1-8-6-3-2-5(9)4-7(6)10/h2-4,7,9-10H,1H3. The smallest absolute Gasteiger partial charge is 0.117 e. The van der Waals surface area contributed by atoms with Gasteiger partial charge >= 0.3 is 0 Å². The Bertz CT molecular complexity index is 216. The largest absolute Gasteiger partial charge is 0.508 e. The fourth-order valence-electron chi connectivity index (χ4n) is 0.779. The number of allylic oxidation sites excluding steroid dienone is 1. The summed E-state index contributed by atoms with van der Waals surface area (Å²) in [5, 5.41) is 18.0. The quantitative estimate of drug-likeness (QED) is 0.511. The fraction of sp³-hybridized carbons (Fsp3) is 0.286. The van der Waals surface area contributed by atoms with E-state index in [2.05, 4.69) is 4.99 Å². The first-order chi connectivity index (χ1) is 4.74. The Kier molecular flexibility index (Phi) is 1.87. The number of rotatable bonds is 0. The molecule has 2 N–H and O–H groups in total. The van der Waals surface area contributed by atoms with Gasteiger partial charge in [0.05, 0.1) is 5.71 Å². The minimum absolute atomic E-state index is 0.0832. The molecule has 54 valence electrons. The van der Waals surface area contributed by atoms with Crippen molar-refractivity contribution >= 4 is 5.71 Å². The maximum absolute atomic E-state index is 9.12. The molecule has 0 fully saturated rings. The Morgan fingerprint density at radius 2 is 2.20 bits per heavy atom. The number of aliphatic hydroxyl groups is 2. The lowest BCUT2D eigenvalue weighted by Crippen LogP contribution is -2.18. The highest BCUT2D eigenvalue weighted by Crippen LogP contribution is 2.05. The van der Waals surface area contributed by atoms with E-state index in [9.17, 15) is 0 Å². The summed E-state index contributed by atoms with van der Waals surface area (Å²) in [6.07, 6.45) is 3.66. The summed E-state index contributed by atoms with van der Waals surface area (Å²) in [5.41, 5.74) is 0.567. The average Bonchev–Trinajstić information content (AvgIpc) is 1.88. The molecule has 3 heteroatoms. The predicted octanol–water partition coefficient (Wildman–Crippen LogP) is 0.430. The van der Waals surface area contributed by atoms with Gasteiger partial charge in [0.25, 0.3) is 0 Å². The van der Waals surface area contributed by atoms with E-state index in [1.54, 1.807) is 13.1 Å². The molecule has 0 bridgehead atoms. The van der Waals surface area contributed by atoms with Gasteiger partial charge in [0.1, 0.15) is 11.9 Å². The summed E-state index contributed by atoms with van der Waals surface area (Å²) in [6.45, 7) is 0. The molecule has 1 aliphatic rings. The molecule has 0 radical (unpaired) electrons. The Hall–Kier alpha value is -1.09. The van der Waals surface area contributed by atoms with Gasteiger partial charge in [0, 0.05) is 7.05 Å². The van der Waals surface area contributed by atoms with Crippen molar-refractivity contribution in [2.45, 2.75) is 6.10 Å². The van der Waals surface area contributed by atoms with Crippen LogP contribution in [0.5, 0.6) is 0 Å². The Balaban J connectivity index is 2.84. The van der Waals surface area contributed by atoms with Crippen LogP contribution in [0.1, 0.15) is 0 Å². The molecular formula is C7H9NO2. The highest BCUT2D eigenvalue weighted by Gasteiger charge is 2.10. The highest BCUT2D eigenvalue weighted by molar-refractivity contribution is 6.01. The molecule has 0 spiro atoms. The fourth-order valence-corrected chi connectivity index (χ4v) is 0.779. The van der Waals surface area contributed by atoms with Gasteiger partial charge in [-0.3, -0.25) is 4.99 Å². The van der Waals surface area contributed by atoms with Gasteiger partial charge < -0.3 is 10.2 Å². The first-order valence-corrected chi connectivity index (χ1v) is 2.97. The Morgan fingerprint density at radius 3 is 2.70 bits per heavy atom. The molecule has 0 aromatic rings. The number of hydrogen-bond acceptors (Lipinski definition) is 3. The molecule has 1 rings (SSSR count). The maximum Gasteiger partial charge on any atom is 0.117 e. The first kappa shape index (κ1) is 7.02. The molecule has 0 aromatic carbocycles. The highest BCUT2D eigenvalue weighted by atomic mass is 16.3. The van der Waals surface area contributed by atoms with E-state index >= 15 is 0 Å². The molecular weight excluding hydrogens is 130 g/mol. The summed E-state index contributed by atoms with van der Waals surface area (Å²) in [7, 11) is 1.60. The normalized spacial score (nSPS) is 28.8. The van der Waals surface area contributed by atoms with Crippen molar-refractivity contribution in [2.75, 3.05) is 7.05 Å². The lowest BCUT2D eigenvalue weighted by Gasteiger charge is -2.09. The van der Waals surface area contributed by atoms with Crippen LogP contribution in [0.4, 0.5) is 0 Å². The van der Waals surface area contributed by atoms with Gasteiger partial charge in [-0.05, 0) is 18.2 Å². The van der Waals surface area contributed by atoms with E-state index in [4.69, 9.17) is 10.2 Å². The lowest BCUT2D eigenvalue weighted by atomic mass is 10.1. The van der Waals surface area contributed by atoms with Crippen molar-refractivity contribution in [3.05, 3.63) is 24.0 Å². The van der Waals surface area contributed by atoms with Crippen LogP contribution in [0.3, 0.4) is 0 Å². The minimum atomic E-state index is -0.755. The molecule has 10 heavy (non-hydrogen) atoms. The van der Waals surface area contributed by atoms with Crippen LogP contribution < -0.4 is 0 Å². The molecule has 1 atom stereocenters. The van der Waals surface area contributed by atoms with Crippen LogP contribution in [0.2, 0.25) is 0 Å². The van der Waals surface area contributed by atoms with Gasteiger partial charge in [-0.25, -0.2) is 0 Å². The first-order valence-electron chi connectivity index (χ1n) is 2.97. The van der Waals surface area contributed by atoms with Crippen molar-refractivity contribution in [1.29, 1.82) is 0 Å². The van der Waals surface area contributed by atoms with E-state index in [1.807, 2.05) is 0 Å². The van der Waals surface area contributed by atoms with Crippen LogP contribution in [-0.2, 0) is 0 Å². The summed E-state index contributed by atoms with van der Waals surface area (Å²) >= 11 is 0. The van der Waals surface area contributed by atoms with E-state index in [0.29, 0.717) is 5.71 Å². The van der Waals surface area contributed by atoms with Crippen molar-refractivity contribution in [3.8, 4) is 0 Å². The van der Waals surface area contributed by atoms with Crippen molar-refractivity contribution in [3.63, 3.8) is 0 Å². The van der Waals surface area contributed by atoms with Crippen molar-refractivity contribution in [1.82, 2.24) is 0 Å². The third-order valence-electron chi connectivity index (χ3n) is 1.31. The minimum Gasteiger partial charge on any atom is -0.508 e. The number of hydrogen-bond donors (Lipinski definition) is 2. The van der Waals surface area contributed by atoms with Crippen LogP contribution >= 0.6 is 0 Å². The lowest BCUT2D eigenvalue weighted by molar-refractivity contribution is 0.280. The van der Waals surface area contributed by atoms with E-state index in [1.165, 1.54) is 12.2 Å². The molecule has 1 unspecified atom stereocenters. The second-order valence-electron chi connectivity index (χ2n) is 2.02. The van der Waals surface area contributed by atoms with E-state index in [0.717, 1.165) is 0 Å². The zero-order valence-electron chi connectivity index (χ0n) is 5.65. The molecule has 0 aromatic heterocycles. The number of nitrogens with zero attached hydrogens (tertiary/aromatic N) is 1. The predicted molar refractivity (Wildman–Crippen MR) is 39.2 cm³/mol. The molecule has 3 nitrogen and oxygen atoms in total. The molecule has 0 amide bonds. The van der Waals surface area contributed by atoms with Crippen molar-refractivity contribution in [2.24, 2.45) is 4.99 Å². The van der Waals surface area contributed by atoms with E-state index < -0.39 is 6.10 Å². The summed E-state index contributed by atoms with van der Waals surface area (Å²) in [5.74, 6) is 0.0832. The summed E-state index contributed by atoms with van der Waals surface area (Å²) < 4.78 is 0. The Morgan fingerprint density at radius 1 is 1.50 bits per heavy atom. The zero-order valence-corrected chi connectivity index (χ0v) is 5.65. The summed E-state index contributed by atoms with van der Waals surface area (Å²) in [4.78, 5) is 3.79. The van der Waals surface area contributed by atoms with Gasteiger partial charge in [-0.15, -0.1) is 0 Å². The van der Waals surface area contributed by atoms with Crippen LogP contribution in [0.25, 0.3) is 0 Å². The zero-order chi connectivity index (χ0) is 7.56. The van der Waals surface area contributed by atoms with Gasteiger partial charge in [0.2, 0.25) is 0 Å². The molecule has 0 saturated carbocycles. The number of aliphatic hydroxyl groups excluding tert-OH is 2. The average molecular weight is 139 g/mol. The Labute approximate surface area is 59.0 Å². The second kappa shape index (κ2) is 2.66. The molecule has 1 aliphatic carbocycles. The SMILES string of the molecule is CN=C1C=CC(O)=CC1O. The molecule has 0 aliphatic heterocycles. The monoisotopic (exact) mass is 139 g/mol. The van der Waals surface area contributed by atoms with Crippen LogP contribution in [0.15, 0.2) is 29.0 Å². The van der Waals surface area contributed by atoms with Crippen LogP contribution in [0, 0.1) is 0 Å². The second-order valence-corrected chi connectivity index (χ2v) is 2.02. The molecule has 0 heterocycles. The van der Waals surface area contributed by atoms with Gasteiger partial charge in [0.15, 0.2) is 0 Å². The van der Waals surface area contributed by atoms with Gasteiger partial charge in [-0.2, -0.15) is 0 Å². The van der Waals surface area contributed by atoms with E-state index in [-0.39, 0.29) is 5.76 Å². The third kappa shape index (κ3) is 1.25. The molecule has 0 saturated heterocycles. The third-order valence-corrected chi connectivity index (χ3v) is 1.31. The van der Waals surface area contributed by atoms with Gasteiger partial charge in [-0.1, -0.05) is 0 Å². The van der Waals surface area contributed by atoms with Crippen LogP contribution in [-0.4, -0.2) is 29.1 Å². The summed E-state index contributed by atoms with van der Waals surface area (Å²) in [6, 6.07) is 0. The topological polar surface area (TPSA) is 52.8 Å². The maximum atomic E-state index is 9.12. The number of aliphatic imine (C=N–C) groups is 1. The van der Waals surface area contributed by atoms with Crippen molar-refractivity contribution < 1.29 is 10.2 Å².